The maximum atomic E-state index is 12.7. The van der Waals surface area contributed by atoms with Crippen molar-refractivity contribution < 1.29 is 19.1 Å². The van der Waals surface area contributed by atoms with Gasteiger partial charge in [0, 0.05) is 44.3 Å². The van der Waals surface area contributed by atoms with Crippen LogP contribution in [0.15, 0.2) is 48.5 Å². The molecule has 2 aromatic rings. The highest BCUT2D eigenvalue weighted by atomic mass is 35.5. The van der Waals surface area contributed by atoms with Crippen molar-refractivity contribution in [1.82, 2.24) is 15.1 Å². The molecule has 1 saturated heterocycles. The van der Waals surface area contributed by atoms with E-state index in [2.05, 4.69) is 10.2 Å². The van der Waals surface area contributed by atoms with E-state index in [4.69, 9.17) is 21.1 Å². The molecule has 1 heterocycles. The molecular formula is C29H38ClN3O4. The van der Waals surface area contributed by atoms with Crippen molar-refractivity contribution in [3.63, 3.8) is 0 Å². The Bertz CT molecular complexity index is 1000. The molecule has 1 N–H and O–H groups in total. The zero-order valence-electron chi connectivity index (χ0n) is 21.7. The lowest BCUT2D eigenvalue weighted by Crippen LogP contribution is -2.53. The number of amides is 2. The van der Waals surface area contributed by atoms with Gasteiger partial charge in [0.25, 0.3) is 0 Å². The Labute approximate surface area is 225 Å². The zero-order valence-corrected chi connectivity index (χ0v) is 22.4. The van der Waals surface area contributed by atoms with Crippen molar-refractivity contribution in [1.29, 1.82) is 0 Å². The number of benzene rings is 2. The SMILES string of the molecule is COC(=O)c1ccc(COC(CN2CCN(C(=O)NCC3CCCCC3)CC2)c2ccc(Cl)cc2)cc1. The number of halogens is 1. The van der Waals surface area contributed by atoms with Crippen LogP contribution in [0.1, 0.15) is 59.7 Å². The number of piperazine rings is 1. The average Bonchev–Trinajstić information content (AvgIpc) is 2.95. The van der Waals surface area contributed by atoms with E-state index in [9.17, 15) is 9.59 Å². The number of carbonyl (C=O) groups is 2. The van der Waals surface area contributed by atoms with Crippen LogP contribution in [0.5, 0.6) is 0 Å². The van der Waals surface area contributed by atoms with Crippen LogP contribution in [0.4, 0.5) is 4.79 Å². The van der Waals surface area contributed by atoms with Gasteiger partial charge in [-0.25, -0.2) is 9.59 Å². The maximum Gasteiger partial charge on any atom is 0.337 e. The average molecular weight is 528 g/mol. The van der Waals surface area contributed by atoms with E-state index in [1.807, 2.05) is 41.3 Å². The molecule has 2 aromatic carbocycles. The van der Waals surface area contributed by atoms with E-state index in [0.29, 0.717) is 36.2 Å². The molecule has 1 saturated carbocycles. The van der Waals surface area contributed by atoms with Crippen molar-refractivity contribution in [3.05, 3.63) is 70.2 Å². The van der Waals surface area contributed by atoms with Crippen LogP contribution < -0.4 is 5.32 Å². The Morgan fingerprint density at radius 3 is 2.30 bits per heavy atom. The highest BCUT2D eigenvalue weighted by Gasteiger charge is 2.25. The first-order chi connectivity index (χ1) is 18.0. The third-order valence-electron chi connectivity index (χ3n) is 7.42. The summed E-state index contributed by atoms with van der Waals surface area (Å²) in [5.74, 6) is 0.279. The topological polar surface area (TPSA) is 71.1 Å². The maximum absolute atomic E-state index is 12.7. The van der Waals surface area contributed by atoms with Crippen LogP contribution in [-0.4, -0.2) is 68.2 Å². The molecule has 2 fully saturated rings. The highest BCUT2D eigenvalue weighted by Crippen LogP contribution is 2.24. The summed E-state index contributed by atoms with van der Waals surface area (Å²) in [6.07, 6.45) is 6.22. The van der Waals surface area contributed by atoms with Gasteiger partial charge in [-0.3, -0.25) is 4.90 Å². The molecule has 7 nitrogen and oxygen atoms in total. The minimum absolute atomic E-state index is 0.0612. The van der Waals surface area contributed by atoms with Crippen LogP contribution in [0.2, 0.25) is 5.02 Å². The first kappa shape index (κ1) is 27.4. The van der Waals surface area contributed by atoms with Crippen LogP contribution in [-0.2, 0) is 16.1 Å². The molecule has 0 bridgehead atoms. The molecule has 0 spiro atoms. The molecule has 0 aromatic heterocycles. The second kappa shape index (κ2) is 13.8. The van der Waals surface area contributed by atoms with E-state index in [1.54, 1.807) is 12.1 Å². The van der Waals surface area contributed by atoms with Crippen LogP contribution in [0.25, 0.3) is 0 Å². The number of ether oxygens (including phenoxy) is 2. The molecule has 1 aliphatic carbocycles. The van der Waals surface area contributed by atoms with E-state index in [-0.39, 0.29) is 18.1 Å². The first-order valence-corrected chi connectivity index (χ1v) is 13.7. The van der Waals surface area contributed by atoms with E-state index >= 15 is 0 Å². The normalized spacial score (nSPS) is 17.8. The predicted molar refractivity (Wildman–Crippen MR) is 145 cm³/mol. The van der Waals surface area contributed by atoms with Crippen molar-refractivity contribution in [3.8, 4) is 0 Å². The minimum Gasteiger partial charge on any atom is -0.465 e. The number of methoxy groups -OCH3 is 1. The Hall–Kier alpha value is -2.61. The summed E-state index contributed by atoms with van der Waals surface area (Å²) in [5.41, 5.74) is 2.55. The fraction of sp³-hybridized carbons (Fsp3) is 0.517. The van der Waals surface area contributed by atoms with Crippen LogP contribution in [0.3, 0.4) is 0 Å². The number of carbonyl (C=O) groups excluding carboxylic acids is 2. The third-order valence-corrected chi connectivity index (χ3v) is 7.67. The standard InChI is InChI=1S/C29H38ClN3O4/c1-36-28(34)25-9-7-23(8-10-25)21-37-27(24-11-13-26(30)14-12-24)20-32-15-17-33(18-16-32)29(35)31-19-22-5-3-2-4-6-22/h7-14,22,27H,2-6,15-21H2,1H3,(H,31,35). The second-order valence-electron chi connectivity index (χ2n) is 10.0. The number of urea groups is 1. The number of hydrogen-bond acceptors (Lipinski definition) is 5. The number of rotatable bonds is 9. The fourth-order valence-electron chi connectivity index (χ4n) is 5.09. The van der Waals surface area contributed by atoms with Gasteiger partial charge in [-0.1, -0.05) is 55.1 Å². The second-order valence-corrected chi connectivity index (χ2v) is 10.5. The van der Waals surface area contributed by atoms with Gasteiger partial charge >= 0.3 is 12.0 Å². The molecule has 4 rings (SSSR count). The van der Waals surface area contributed by atoms with Gasteiger partial charge < -0.3 is 19.7 Å². The lowest BCUT2D eigenvalue weighted by Gasteiger charge is -2.36. The Balaban J connectivity index is 1.29. The lowest BCUT2D eigenvalue weighted by molar-refractivity contribution is 0.00552. The molecule has 1 atom stereocenters. The van der Waals surface area contributed by atoms with Crippen molar-refractivity contribution >= 4 is 23.6 Å². The van der Waals surface area contributed by atoms with Crippen LogP contribution >= 0.6 is 11.6 Å². The number of nitrogens with one attached hydrogen (secondary N) is 1. The fourth-order valence-corrected chi connectivity index (χ4v) is 5.21. The largest absolute Gasteiger partial charge is 0.465 e. The lowest BCUT2D eigenvalue weighted by atomic mass is 9.89. The smallest absolute Gasteiger partial charge is 0.337 e. The molecule has 1 unspecified atom stereocenters. The minimum atomic E-state index is -0.353. The molecule has 200 valence electrons. The Morgan fingerprint density at radius 1 is 0.973 bits per heavy atom. The summed E-state index contributed by atoms with van der Waals surface area (Å²) in [5, 5.41) is 3.85. The molecule has 0 radical (unpaired) electrons. The Kier molecular flexibility index (Phi) is 10.2. The van der Waals surface area contributed by atoms with Crippen molar-refractivity contribution in [2.45, 2.75) is 44.8 Å². The summed E-state index contributed by atoms with van der Waals surface area (Å²) in [6, 6.07) is 15.1. The molecule has 37 heavy (non-hydrogen) atoms. The molecule has 8 heteroatoms. The summed E-state index contributed by atoms with van der Waals surface area (Å²) in [6.45, 7) is 4.96. The molecule has 2 aliphatic rings. The predicted octanol–water partition coefficient (Wildman–Crippen LogP) is 5.29. The van der Waals surface area contributed by atoms with Gasteiger partial charge in [-0.2, -0.15) is 0 Å². The van der Waals surface area contributed by atoms with Gasteiger partial charge in [-0.15, -0.1) is 0 Å². The van der Waals surface area contributed by atoms with Gasteiger partial charge in [-0.05, 0) is 54.2 Å². The quantitative estimate of drug-likeness (QED) is 0.448. The van der Waals surface area contributed by atoms with Gasteiger partial charge in [0.05, 0.1) is 25.4 Å². The van der Waals surface area contributed by atoms with E-state index < -0.39 is 0 Å². The third kappa shape index (κ3) is 8.19. The van der Waals surface area contributed by atoms with Gasteiger partial charge in [0.2, 0.25) is 0 Å². The number of hydrogen-bond donors (Lipinski definition) is 1. The summed E-state index contributed by atoms with van der Waals surface area (Å²) >= 11 is 6.12. The number of nitrogens with zero attached hydrogens (tertiary/aromatic N) is 2. The summed E-state index contributed by atoms with van der Waals surface area (Å²) in [4.78, 5) is 28.7. The molecule has 1 aliphatic heterocycles. The Morgan fingerprint density at radius 2 is 1.65 bits per heavy atom. The van der Waals surface area contributed by atoms with Gasteiger partial charge in [0.15, 0.2) is 0 Å². The number of esters is 1. The molecule has 2 amide bonds. The van der Waals surface area contributed by atoms with Crippen molar-refractivity contribution in [2.75, 3.05) is 46.4 Å². The molecular weight excluding hydrogens is 490 g/mol. The van der Waals surface area contributed by atoms with E-state index in [0.717, 1.165) is 37.3 Å². The van der Waals surface area contributed by atoms with E-state index in [1.165, 1.54) is 39.2 Å². The first-order valence-electron chi connectivity index (χ1n) is 13.3. The zero-order chi connectivity index (χ0) is 26.0. The summed E-state index contributed by atoms with van der Waals surface area (Å²) < 4.78 is 11.1. The van der Waals surface area contributed by atoms with Crippen LogP contribution in [0, 0.1) is 5.92 Å². The summed E-state index contributed by atoms with van der Waals surface area (Å²) in [7, 11) is 1.37. The van der Waals surface area contributed by atoms with Gasteiger partial charge in [0.1, 0.15) is 0 Å². The highest BCUT2D eigenvalue weighted by molar-refractivity contribution is 6.30. The monoisotopic (exact) mass is 527 g/mol. The van der Waals surface area contributed by atoms with Crippen molar-refractivity contribution in [2.24, 2.45) is 5.92 Å².